The molecule has 3 heteroatoms. The van der Waals surface area contributed by atoms with Crippen molar-refractivity contribution in [3.05, 3.63) is 24.3 Å². The van der Waals surface area contributed by atoms with E-state index in [-0.39, 0.29) is 0 Å². The highest BCUT2D eigenvalue weighted by molar-refractivity contribution is 7.99. The van der Waals surface area contributed by atoms with Gasteiger partial charge in [-0.05, 0) is 68.9 Å². The maximum absolute atomic E-state index is 5.15. The Kier molecular flexibility index (Phi) is 5.20. The number of rotatable bonds is 6. The first-order valence-electron chi connectivity index (χ1n) is 6.38. The quantitative estimate of drug-likeness (QED) is 0.569. The number of nitrogens with zero attached hydrogens (tertiary/aromatic N) is 1. The summed E-state index contributed by atoms with van der Waals surface area (Å²) >= 11 is 1.94. The highest BCUT2D eigenvalue weighted by Gasteiger charge is 2.10. The molecule has 0 saturated carbocycles. The minimum Gasteiger partial charge on any atom is -0.497 e. The number of thioether (sulfide) groups is 1. The molecule has 17 heavy (non-hydrogen) atoms. The second kappa shape index (κ2) is 6.92. The predicted octanol–water partition coefficient (Wildman–Crippen LogP) is 3.27. The Morgan fingerprint density at radius 1 is 1.18 bits per heavy atom. The largest absolute Gasteiger partial charge is 0.497 e. The molecule has 1 aliphatic rings. The van der Waals surface area contributed by atoms with Gasteiger partial charge in [0.25, 0.3) is 0 Å². The Morgan fingerprint density at radius 2 is 1.88 bits per heavy atom. The predicted molar refractivity (Wildman–Crippen MR) is 74.0 cm³/mol. The summed E-state index contributed by atoms with van der Waals surface area (Å²) < 4.78 is 5.15. The molecular weight excluding hydrogens is 230 g/mol. The number of benzene rings is 1. The van der Waals surface area contributed by atoms with Crippen LogP contribution in [0, 0.1) is 0 Å². The lowest BCUT2D eigenvalue weighted by molar-refractivity contribution is 0.341. The molecule has 0 aliphatic carbocycles. The number of ether oxygens (including phenoxy) is 1. The second-order valence-corrected chi connectivity index (χ2v) is 5.59. The summed E-state index contributed by atoms with van der Waals surface area (Å²) in [5.74, 6) is 2.15. The average molecular weight is 251 g/mol. The second-order valence-electron chi connectivity index (χ2n) is 4.43. The van der Waals surface area contributed by atoms with Crippen LogP contribution < -0.4 is 4.74 Å². The zero-order valence-electron chi connectivity index (χ0n) is 10.5. The van der Waals surface area contributed by atoms with Crippen LogP contribution in [0.3, 0.4) is 0 Å². The summed E-state index contributed by atoms with van der Waals surface area (Å²) in [7, 11) is 1.71. The van der Waals surface area contributed by atoms with E-state index in [1.165, 1.54) is 49.5 Å². The summed E-state index contributed by atoms with van der Waals surface area (Å²) in [6.45, 7) is 3.89. The van der Waals surface area contributed by atoms with Gasteiger partial charge < -0.3 is 9.64 Å². The highest BCUT2D eigenvalue weighted by Crippen LogP contribution is 2.22. The molecule has 0 amide bonds. The first kappa shape index (κ1) is 12.8. The maximum atomic E-state index is 5.15. The Hall–Kier alpha value is -0.670. The summed E-state index contributed by atoms with van der Waals surface area (Å²) in [6.07, 6.45) is 4.08. The van der Waals surface area contributed by atoms with Crippen LogP contribution in [0.1, 0.15) is 19.3 Å². The van der Waals surface area contributed by atoms with Crippen LogP contribution in [-0.4, -0.2) is 37.4 Å². The standard InChI is InChI=1S/C14H21NOS/c1-16-13-5-7-14(8-6-13)17-12-4-11-15-9-2-3-10-15/h5-8H,2-4,9-12H2,1H3. The van der Waals surface area contributed by atoms with Gasteiger partial charge in [0.1, 0.15) is 5.75 Å². The monoisotopic (exact) mass is 251 g/mol. The molecule has 1 saturated heterocycles. The third-order valence-electron chi connectivity index (χ3n) is 3.15. The fraction of sp³-hybridized carbons (Fsp3) is 0.571. The van der Waals surface area contributed by atoms with Crippen molar-refractivity contribution in [3.8, 4) is 5.75 Å². The van der Waals surface area contributed by atoms with Crippen LogP contribution in [0.15, 0.2) is 29.2 Å². The molecule has 0 aromatic heterocycles. The minimum atomic E-state index is 0.936. The molecule has 1 aliphatic heterocycles. The van der Waals surface area contributed by atoms with Gasteiger partial charge in [0, 0.05) is 4.90 Å². The summed E-state index contributed by atoms with van der Waals surface area (Å²) in [5.41, 5.74) is 0. The Balaban J connectivity index is 1.63. The topological polar surface area (TPSA) is 12.5 Å². The third kappa shape index (κ3) is 4.25. The van der Waals surface area contributed by atoms with Crippen LogP contribution in [0.5, 0.6) is 5.75 Å². The lowest BCUT2D eigenvalue weighted by Crippen LogP contribution is -2.20. The molecule has 2 rings (SSSR count). The highest BCUT2D eigenvalue weighted by atomic mass is 32.2. The van der Waals surface area contributed by atoms with Crippen molar-refractivity contribution in [2.75, 3.05) is 32.5 Å². The van der Waals surface area contributed by atoms with Gasteiger partial charge in [0.05, 0.1) is 7.11 Å². The minimum absolute atomic E-state index is 0.936. The van der Waals surface area contributed by atoms with Crippen LogP contribution >= 0.6 is 11.8 Å². The Bertz CT molecular complexity index is 319. The van der Waals surface area contributed by atoms with Crippen LogP contribution in [0.2, 0.25) is 0 Å². The zero-order valence-corrected chi connectivity index (χ0v) is 11.3. The van der Waals surface area contributed by atoms with E-state index in [0.717, 1.165) is 5.75 Å². The number of hydrogen-bond donors (Lipinski definition) is 0. The smallest absolute Gasteiger partial charge is 0.118 e. The van der Waals surface area contributed by atoms with E-state index in [1.54, 1.807) is 7.11 Å². The van der Waals surface area contributed by atoms with E-state index in [4.69, 9.17) is 4.74 Å². The number of hydrogen-bond acceptors (Lipinski definition) is 3. The molecule has 0 radical (unpaired) electrons. The summed E-state index contributed by atoms with van der Waals surface area (Å²) in [5, 5.41) is 0. The van der Waals surface area contributed by atoms with Gasteiger partial charge in [-0.3, -0.25) is 0 Å². The zero-order chi connectivity index (χ0) is 11.9. The first-order valence-corrected chi connectivity index (χ1v) is 7.36. The van der Waals surface area contributed by atoms with Gasteiger partial charge in [0.15, 0.2) is 0 Å². The van der Waals surface area contributed by atoms with E-state index in [1.807, 2.05) is 23.9 Å². The Morgan fingerprint density at radius 3 is 2.53 bits per heavy atom. The lowest BCUT2D eigenvalue weighted by atomic mass is 10.3. The van der Waals surface area contributed by atoms with E-state index < -0.39 is 0 Å². The van der Waals surface area contributed by atoms with Crippen molar-refractivity contribution in [3.63, 3.8) is 0 Å². The fourth-order valence-corrected chi connectivity index (χ4v) is 2.99. The molecule has 0 spiro atoms. The molecule has 1 aromatic rings. The molecule has 1 fully saturated rings. The molecule has 0 unspecified atom stereocenters. The van der Waals surface area contributed by atoms with Crippen LogP contribution in [0.25, 0.3) is 0 Å². The third-order valence-corrected chi connectivity index (χ3v) is 4.24. The van der Waals surface area contributed by atoms with Gasteiger partial charge in [-0.1, -0.05) is 0 Å². The van der Waals surface area contributed by atoms with Gasteiger partial charge >= 0.3 is 0 Å². The fourth-order valence-electron chi connectivity index (χ4n) is 2.16. The van der Waals surface area contributed by atoms with E-state index in [0.29, 0.717) is 0 Å². The van der Waals surface area contributed by atoms with Crippen molar-refractivity contribution in [1.82, 2.24) is 4.90 Å². The molecule has 0 bridgehead atoms. The lowest BCUT2D eigenvalue weighted by Gasteiger charge is -2.13. The molecule has 2 nitrogen and oxygen atoms in total. The number of likely N-dealkylation sites (tertiary alicyclic amines) is 1. The van der Waals surface area contributed by atoms with Gasteiger partial charge in [-0.25, -0.2) is 0 Å². The van der Waals surface area contributed by atoms with E-state index in [2.05, 4.69) is 17.0 Å². The molecule has 0 atom stereocenters. The van der Waals surface area contributed by atoms with E-state index in [9.17, 15) is 0 Å². The first-order chi connectivity index (χ1) is 8.38. The van der Waals surface area contributed by atoms with Crippen LogP contribution in [-0.2, 0) is 0 Å². The Labute approximate surface area is 108 Å². The maximum Gasteiger partial charge on any atom is 0.118 e. The molecule has 1 heterocycles. The summed E-state index contributed by atoms with van der Waals surface area (Å²) in [4.78, 5) is 3.92. The molecule has 94 valence electrons. The van der Waals surface area contributed by atoms with Crippen molar-refractivity contribution in [2.45, 2.75) is 24.2 Å². The van der Waals surface area contributed by atoms with Crippen molar-refractivity contribution in [1.29, 1.82) is 0 Å². The van der Waals surface area contributed by atoms with Crippen molar-refractivity contribution < 1.29 is 4.74 Å². The summed E-state index contributed by atoms with van der Waals surface area (Å²) in [6, 6.07) is 8.34. The molecular formula is C14H21NOS. The molecule has 1 aromatic carbocycles. The SMILES string of the molecule is COc1ccc(SCCCN2CCCC2)cc1. The van der Waals surface area contributed by atoms with Crippen molar-refractivity contribution >= 4 is 11.8 Å². The van der Waals surface area contributed by atoms with Gasteiger partial charge in [-0.15, -0.1) is 11.8 Å². The van der Waals surface area contributed by atoms with Crippen LogP contribution in [0.4, 0.5) is 0 Å². The van der Waals surface area contributed by atoms with Gasteiger partial charge in [-0.2, -0.15) is 0 Å². The van der Waals surface area contributed by atoms with Crippen molar-refractivity contribution in [2.24, 2.45) is 0 Å². The van der Waals surface area contributed by atoms with E-state index >= 15 is 0 Å². The number of methoxy groups -OCH3 is 1. The van der Waals surface area contributed by atoms with Gasteiger partial charge in [0.2, 0.25) is 0 Å². The average Bonchev–Trinajstić information content (AvgIpc) is 2.88. The molecule has 0 N–H and O–H groups in total. The normalized spacial score (nSPS) is 16.3.